The third-order valence-electron chi connectivity index (χ3n) is 6.50. The first-order valence-electron chi connectivity index (χ1n) is 9.66. The molecule has 3 nitrogen and oxygen atoms in total. The second-order valence-electron chi connectivity index (χ2n) is 7.73. The van der Waals surface area contributed by atoms with E-state index in [0.29, 0.717) is 6.04 Å². The van der Waals surface area contributed by atoms with Crippen molar-refractivity contribution in [2.75, 3.05) is 30.0 Å². The van der Waals surface area contributed by atoms with Crippen LogP contribution in [0.5, 0.6) is 0 Å². The number of anilines is 2. The Kier molecular flexibility index (Phi) is 4.48. The Bertz CT molecular complexity index is 515. The zero-order valence-corrected chi connectivity index (χ0v) is 14.5. The summed E-state index contributed by atoms with van der Waals surface area (Å²) in [7, 11) is 0. The molecule has 1 saturated carbocycles. The van der Waals surface area contributed by atoms with Gasteiger partial charge in [0.25, 0.3) is 0 Å². The highest BCUT2D eigenvalue weighted by atomic mass is 15.3. The van der Waals surface area contributed by atoms with Crippen LogP contribution in [0.15, 0.2) is 24.3 Å². The summed E-state index contributed by atoms with van der Waals surface area (Å²) >= 11 is 0. The second kappa shape index (κ2) is 6.72. The summed E-state index contributed by atoms with van der Waals surface area (Å²) < 4.78 is 0. The number of nitrogens with zero attached hydrogens (tertiary/aromatic N) is 2. The van der Waals surface area contributed by atoms with Crippen LogP contribution in [0, 0.1) is 5.92 Å². The number of fused-ring (bicyclic) bond motifs is 1. The van der Waals surface area contributed by atoms with Crippen molar-refractivity contribution in [2.24, 2.45) is 5.92 Å². The van der Waals surface area contributed by atoms with Crippen molar-refractivity contribution in [3.8, 4) is 0 Å². The monoisotopic (exact) mass is 313 g/mol. The Balaban J connectivity index is 1.34. The van der Waals surface area contributed by atoms with Gasteiger partial charge < -0.3 is 15.1 Å². The SMILES string of the molecule is CC(C1CCCCC1)N1CCC(N2CNc3ccccc32)CC1. The van der Waals surface area contributed by atoms with Gasteiger partial charge in [-0.15, -0.1) is 0 Å². The number of likely N-dealkylation sites (tertiary alicyclic amines) is 1. The van der Waals surface area contributed by atoms with E-state index in [2.05, 4.69) is 46.3 Å². The Labute approximate surface area is 141 Å². The molecule has 0 radical (unpaired) electrons. The van der Waals surface area contributed by atoms with Crippen LogP contribution in [-0.4, -0.2) is 36.7 Å². The molecular weight excluding hydrogens is 282 g/mol. The van der Waals surface area contributed by atoms with Gasteiger partial charge in [0, 0.05) is 25.2 Å². The van der Waals surface area contributed by atoms with Crippen LogP contribution in [0.3, 0.4) is 0 Å². The molecule has 0 spiro atoms. The predicted octanol–water partition coefficient (Wildman–Crippen LogP) is 4.31. The molecule has 0 aromatic heterocycles. The lowest BCUT2D eigenvalue weighted by Crippen LogP contribution is -2.49. The smallest absolute Gasteiger partial charge is 0.0880 e. The maximum Gasteiger partial charge on any atom is 0.0880 e. The van der Waals surface area contributed by atoms with Crippen molar-refractivity contribution >= 4 is 11.4 Å². The van der Waals surface area contributed by atoms with Gasteiger partial charge in [0.05, 0.1) is 18.0 Å². The highest BCUT2D eigenvalue weighted by Gasteiger charge is 2.32. The number of rotatable bonds is 3. The van der Waals surface area contributed by atoms with Crippen molar-refractivity contribution in [1.82, 2.24) is 4.90 Å². The molecule has 1 aromatic carbocycles. The molecule has 1 aromatic rings. The maximum atomic E-state index is 3.55. The first kappa shape index (κ1) is 15.3. The van der Waals surface area contributed by atoms with Gasteiger partial charge >= 0.3 is 0 Å². The van der Waals surface area contributed by atoms with Crippen molar-refractivity contribution in [1.29, 1.82) is 0 Å². The molecule has 1 unspecified atom stereocenters. The average Bonchev–Trinajstić information content (AvgIpc) is 3.06. The highest BCUT2D eigenvalue weighted by molar-refractivity contribution is 5.74. The molecule has 3 aliphatic rings. The summed E-state index contributed by atoms with van der Waals surface area (Å²) in [5.74, 6) is 0.953. The average molecular weight is 313 g/mol. The predicted molar refractivity (Wildman–Crippen MR) is 98.0 cm³/mol. The van der Waals surface area contributed by atoms with Gasteiger partial charge in [-0.2, -0.15) is 0 Å². The fourth-order valence-corrected chi connectivity index (χ4v) is 4.97. The normalized spacial score (nSPS) is 25.2. The molecule has 2 aliphatic heterocycles. The van der Waals surface area contributed by atoms with Gasteiger partial charge in [-0.05, 0) is 50.7 Å². The van der Waals surface area contributed by atoms with E-state index in [1.165, 1.54) is 69.4 Å². The van der Waals surface area contributed by atoms with Crippen LogP contribution in [0.4, 0.5) is 11.4 Å². The lowest BCUT2D eigenvalue weighted by Gasteiger charge is -2.43. The van der Waals surface area contributed by atoms with Crippen LogP contribution in [0.2, 0.25) is 0 Å². The van der Waals surface area contributed by atoms with Crippen LogP contribution in [0.1, 0.15) is 51.9 Å². The minimum Gasteiger partial charge on any atom is -0.366 e. The van der Waals surface area contributed by atoms with Crippen LogP contribution < -0.4 is 10.2 Å². The zero-order valence-electron chi connectivity index (χ0n) is 14.5. The quantitative estimate of drug-likeness (QED) is 0.897. The van der Waals surface area contributed by atoms with Crippen molar-refractivity contribution in [3.05, 3.63) is 24.3 Å². The molecule has 1 aliphatic carbocycles. The van der Waals surface area contributed by atoms with E-state index >= 15 is 0 Å². The van der Waals surface area contributed by atoms with Crippen molar-refractivity contribution in [3.63, 3.8) is 0 Å². The molecule has 1 N–H and O–H groups in total. The summed E-state index contributed by atoms with van der Waals surface area (Å²) in [6.45, 7) is 6.03. The number of nitrogens with one attached hydrogen (secondary N) is 1. The van der Waals surface area contributed by atoms with Crippen molar-refractivity contribution < 1.29 is 0 Å². The topological polar surface area (TPSA) is 18.5 Å². The fraction of sp³-hybridized carbons (Fsp3) is 0.700. The summed E-state index contributed by atoms with van der Waals surface area (Å²) in [6.07, 6.45) is 9.94. The molecular formula is C20H31N3. The standard InChI is InChI=1S/C20H31N3/c1-16(17-7-3-2-4-8-17)22-13-11-18(12-14-22)23-15-21-19-9-5-6-10-20(19)23/h5-6,9-10,16-18,21H,2-4,7-8,11-15H2,1H3. The van der Waals surface area contributed by atoms with Crippen LogP contribution in [-0.2, 0) is 0 Å². The van der Waals surface area contributed by atoms with E-state index < -0.39 is 0 Å². The van der Waals surface area contributed by atoms with Gasteiger partial charge in [0.15, 0.2) is 0 Å². The molecule has 23 heavy (non-hydrogen) atoms. The van der Waals surface area contributed by atoms with Gasteiger partial charge in [0.2, 0.25) is 0 Å². The van der Waals surface area contributed by atoms with Gasteiger partial charge in [-0.1, -0.05) is 31.4 Å². The Morgan fingerprint density at radius 3 is 2.52 bits per heavy atom. The summed E-state index contributed by atoms with van der Waals surface area (Å²) in [5.41, 5.74) is 2.72. The molecule has 2 heterocycles. The molecule has 4 rings (SSSR count). The highest BCUT2D eigenvalue weighted by Crippen LogP contribution is 2.36. The number of benzene rings is 1. The summed E-state index contributed by atoms with van der Waals surface area (Å²) in [5, 5.41) is 3.55. The first-order chi connectivity index (χ1) is 11.3. The van der Waals surface area contributed by atoms with E-state index in [-0.39, 0.29) is 0 Å². The van der Waals surface area contributed by atoms with Gasteiger partial charge in [-0.3, -0.25) is 0 Å². The third kappa shape index (κ3) is 3.08. The van der Waals surface area contributed by atoms with Crippen LogP contribution >= 0.6 is 0 Å². The van der Waals surface area contributed by atoms with Gasteiger partial charge in [-0.25, -0.2) is 0 Å². The largest absolute Gasteiger partial charge is 0.366 e. The lowest BCUT2D eigenvalue weighted by atomic mass is 9.83. The molecule has 1 atom stereocenters. The number of para-hydroxylation sites is 2. The Hall–Kier alpha value is -1.22. The first-order valence-corrected chi connectivity index (χ1v) is 9.66. The van der Waals surface area contributed by atoms with Gasteiger partial charge in [0.1, 0.15) is 0 Å². The Morgan fingerprint density at radius 1 is 1.00 bits per heavy atom. The molecule has 3 heteroatoms. The van der Waals surface area contributed by atoms with Crippen molar-refractivity contribution in [2.45, 2.75) is 64.0 Å². The number of piperidine rings is 1. The lowest BCUT2D eigenvalue weighted by molar-refractivity contribution is 0.102. The third-order valence-corrected chi connectivity index (χ3v) is 6.50. The zero-order chi connectivity index (χ0) is 15.6. The van der Waals surface area contributed by atoms with E-state index in [9.17, 15) is 0 Å². The molecule has 0 bridgehead atoms. The molecule has 126 valence electrons. The minimum atomic E-state index is 0.709. The van der Waals surface area contributed by atoms with E-state index in [4.69, 9.17) is 0 Å². The summed E-state index contributed by atoms with van der Waals surface area (Å²) in [6, 6.07) is 10.3. The fourth-order valence-electron chi connectivity index (χ4n) is 4.97. The molecule has 0 amide bonds. The number of hydrogen-bond acceptors (Lipinski definition) is 3. The van der Waals surface area contributed by atoms with E-state index in [1.807, 2.05) is 0 Å². The van der Waals surface area contributed by atoms with Crippen LogP contribution in [0.25, 0.3) is 0 Å². The Morgan fingerprint density at radius 2 is 1.74 bits per heavy atom. The minimum absolute atomic E-state index is 0.709. The maximum absolute atomic E-state index is 3.55. The van der Waals surface area contributed by atoms with E-state index in [0.717, 1.165) is 18.6 Å². The summed E-state index contributed by atoms with van der Waals surface area (Å²) in [4.78, 5) is 5.37. The van der Waals surface area contributed by atoms with E-state index in [1.54, 1.807) is 0 Å². The molecule has 2 fully saturated rings. The second-order valence-corrected chi connectivity index (χ2v) is 7.73. The number of hydrogen-bond donors (Lipinski definition) is 1. The molecule has 1 saturated heterocycles.